The summed E-state index contributed by atoms with van der Waals surface area (Å²) >= 11 is 0. The lowest BCUT2D eigenvalue weighted by Gasteiger charge is -2.26. The molecule has 3 N–H and O–H groups in total. The van der Waals surface area contributed by atoms with Gasteiger partial charge in [0.05, 0.1) is 6.61 Å². The minimum atomic E-state index is -0.245. The third-order valence-electron chi connectivity index (χ3n) is 4.05. The fraction of sp³-hybridized carbons (Fsp3) is 0.250. The van der Waals surface area contributed by atoms with Crippen LogP contribution in [0.5, 0.6) is 34.5 Å². The molecule has 0 saturated heterocycles. The first-order chi connectivity index (χ1) is 10.6. The first-order valence-corrected chi connectivity index (χ1v) is 6.92. The number of ether oxygens (including phenoxy) is 3. The number of phenols is 3. The molecule has 0 amide bonds. The number of fused-ring (bicyclic) bond motifs is 2. The molecule has 6 heteroatoms. The van der Waals surface area contributed by atoms with E-state index in [1.807, 2.05) is 0 Å². The van der Waals surface area contributed by atoms with Gasteiger partial charge in [-0.15, -0.1) is 0 Å². The number of phenolic OH excluding ortho intramolecular Hbond substituents is 3. The monoisotopic (exact) mass is 302 g/mol. The van der Waals surface area contributed by atoms with Gasteiger partial charge >= 0.3 is 0 Å². The summed E-state index contributed by atoms with van der Waals surface area (Å²) in [5, 5.41) is 29.5. The van der Waals surface area contributed by atoms with E-state index < -0.39 is 0 Å². The molecule has 0 bridgehead atoms. The van der Waals surface area contributed by atoms with Gasteiger partial charge in [0.1, 0.15) is 5.75 Å². The summed E-state index contributed by atoms with van der Waals surface area (Å²) in [5.41, 5.74) is 1.49. The van der Waals surface area contributed by atoms with E-state index in [2.05, 4.69) is 0 Å². The van der Waals surface area contributed by atoms with Gasteiger partial charge in [-0.1, -0.05) is 6.07 Å². The highest BCUT2D eigenvalue weighted by Gasteiger charge is 2.28. The Labute approximate surface area is 126 Å². The lowest BCUT2D eigenvalue weighted by Crippen LogP contribution is -2.19. The Hall–Kier alpha value is -2.76. The highest BCUT2D eigenvalue weighted by Crippen LogP contribution is 2.46. The highest BCUT2D eigenvalue weighted by atomic mass is 16.7. The third kappa shape index (κ3) is 1.88. The molecule has 2 aromatic rings. The largest absolute Gasteiger partial charge is 0.508 e. The number of hydrogen-bond donors (Lipinski definition) is 3. The minimum absolute atomic E-state index is 0.0778. The molecule has 0 spiro atoms. The van der Waals surface area contributed by atoms with Gasteiger partial charge in [0, 0.05) is 17.5 Å². The fourth-order valence-corrected chi connectivity index (χ4v) is 2.91. The van der Waals surface area contributed by atoms with Crippen molar-refractivity contribution in [3.8, 4) is 34.5 Å². The maximum absolute atomic E-state index is 10.2. The van der Waals surface area contributed by atoms with Crippen molar-refractivity contribution in [2.75, 3.05) is 13.4 Å². The fourth-order valence-electron chi connectivity index (χ4n) is 2.91. The summed E-state index contributed by atoms with van der Waals surface area (Å²) in [4.78, 5) is 0. The van der Waals surface area contributed by atoms with Crippen LogP contribution in [-0.2, 0) is 6.42 Å². The zero-order valence-electron chi connectivity index (χ0n) is 11.6. The van der Waals surface area contributed by atoms with Crippen molar-refractivity contribution >= 4 is 0 Å². The van der Waals surface area contributed by atoms with Crippen LogP contribution in [-0.4, -0.2) is 28.7 Å². The Balaban J connectivity index is 1.69. The molecular formula is C16H14O6. The SMILES string of the molecule is Oc1cc2c(cc1[C@H]1COc3c(ccc(O)c3O)C1)OCO2. The molecule has 6 nitrogen and oxygen atoms in total. The van der Waals surface area contributed by atoms with Gasteiger partial charge in [0.25, 0.3) is 0 Å². The Bertz CT molecular complexity index is 755. The first-order valence-electron chi connectivity index (χ1n) is 6.92. The molecule has 22 heavy (non-hydrogen) atoms. The standard InChI is InChI=1S/C16H14O6/c17-11-2-1-8-3-9(6-20-16(8)15(11)19)10-4-13-14(5-12(10)18)22-7-21-13/h1-2,4-5,9,17-19H,3,6-7H2/t9-/m1/s1. The Morgan fingerprint density at radius 3 is 2.50 bits per heavy atom. The first kappa shape index (κ1) is 12.9. The molecule has 0 unspecified atom stereocenters. The quantitative estimate of drug-likeness (QED) is 0.700. The molecule has 0 aromatic heterocycles. The maximum Gasteiger partial charge on any atom is 0.231 e. The molecule has 0 fully saturated rings. The average Bonchev–Trinajstić information content (AvgIpc) is 2.97. The van der Waals surface area contributed by atoms with Gasteiger partial charge in [-0.25, -0.2) is 0 Å². The van der Waals surface area contributed by atoms with Crippen LogP contribution in [0.2, 0.25) is 0 Å². The van der Waals surface area contributed by atoms with Crippen LogP contribution in [0.4, 0.5) is 0 Å². The van der Waals surface area contributed by atoms with E-state index in [1.165, 1.54) is 6.07 Å². The molecule has 4 rings (SSSR count). The Kier molecular flexibility index (Phi) is 2.72. The van der Waals surface area contributed by atoms with Crippen LogP contribution in [0.15, 0.2) is 24.3 Å². The van der Waals surface area contributed by atoms with Crippen LogP contribution in [0.25, 0.3) is 0 Å². The summed E-state index contributed by atoms with van der Waals surface area (Å²) in [6.45, 7) is 0.437. The van der Waals surface area contributed by atoms with Gasteiger partial charge in [0.2, 0.25) is 12.5 Å². The van der Waals surface area contributed by atoms with Gasteiger partial charge < -0.3 is 29.5 Å². The minimum Gasteiger partial charge on any atom is -0.508 e. The van der Waals surface area contributed by atoms with Crippen molar-refractivity contribution in [3.63, 3.8) is 0 Å². The molecular weight excluding hydrogens is 288 g/mol. The van der Waals surface area contributed by atoms with E-state index >= 15 is 0 Å². The molecule has 114 valence electrons. The van der Waals surface area contributed by atoms with Gasteiger partial charge in [-0.3, -0.25) is 0 Å². The van der Waals surface area contributed by atoms with E-state index in [0.717, 1.165) is 5.56 Å². The second-order valence-corrected chi connectivity index (χ2v) is 5.40. The Morgan fingerprint density at radius 2 is 1.68 bits per heavy atom. The summed E-state index contributed by atoms with van der Waals surface area (Å²) in [6.07, 6.45) is 0.580. The van der Waals surface area contributed by atoms with Crippen LogP contribution in [0.3, 0.4) is 0 Å². The van der Waals surface area contributed by atoms with Crippen molar-refractivity contribution in [1.29, 1.82) is 0 Å². The van der Waals surface area contributed by atoms with Gasteiger partial charge in [-0.2, -0.15) is 0 Å². The van der Waals surface area contributed by atoms with Crippen molar-refractivity contribution in [2.45, 2.75) is 12.3 Å². The number of hydrogen-bond acceptors (Lipinski definition) is 6. The predicted molar refractivity (Wildman–Crippen MR) is 75.9 cm³/mol. The van der Waals surface area contributed by atoms with E-state index in [9.17, 15) is 15.3 Å². The zero-order valence-corrected chi connectivity index (χ0v) is 11.6. The topological polar surface area (TPSA) is 88.4 Å². The second kappa shape index (κ2) is 4.62. The van der Waals surface area contributed by atoms with Gasteiger partial charge in [-0.05, 0) is 24.1 Å². The maximum atomic E-state index is 10.2. The van der Waals surface area contributed by atoms with Crippen LogP contribution < -0.4 is 14.2 Å². The summed E-state index contributed by atoms with van der Waals surface area (Å²) in [6, 6.07) is 6.44. The zero-order chi connectivity index (χ0) is 15.3. The smallest absolute Gasteiger partial charge is 0.231 e. The summed E-state index contributed by atoms with van der Waals surface area (Å²) in [7, 11) is 0. The predicted octanol–water partition coefficient (Wildman–Crippen LogP) is 2.25. The molecule has 2 aliphatic heterocycles. The number of benzene rings is 2. The lowest BCUT2D eigenvalue weighted by molar-refractivity contribution is 0.174. The van der Waals surface area contributed by atoms with Crippen molar-refractivity contribution < 1.29 is 29.5 Å². The number of aromatic hydroxyl groups is 3. The van der Waals surface area contributed by atoms with E-state index in [0.29, 0.717) is 29.2 Å². The van der Waals surface area contributed by atoms with E-state index in [1.54, 1.807) is 18.2 Å². The molecule has 2 aliphatic rings. The third-order valence-corrected chi connectivity index (χ3v) is 4.05. The van der Waals surface area contributed by atoms with Crippen molar-refractivity contribution in [1.82, 2.24) is 0 Å². The van der Waals surface area contributed by atoms with E-state index in [-0.39, 0.29) is 36.6 Å². The molecule has 2 heterocycles. The molecule has 0 saturated carbocycles. The highest BCUT2D eigenvalue weighted by molar-refractivity contribution is 5.57. The molecule has 1 atom stereocenters. The number of rotatable bonds is 1. The lowest BCUT2D eigenvalue weighted by atomic mass is 9.89. The van der Waals surface area contributed by atoms with Crippen molar-refractivity contribution in [3.05, 3.63) is 35.4 Å². The van der Waals surface area contributed by atoms with E-state index in [4.69, 9.17) is 14.2 Å². The Morgan fingerprint density at radius 1 is 0.909 bits per heavy atom. The second-order valence-electron chi connectivity index (χ2n) is 5.40. The summed E-state index contributed by atoms with van der Waals surface area (Å²) < 4.78 is 16.2. The summed E-state index contributed by atoms with van der Waals surface area (Å²) in [5.74, 6) is 1.04. The normalized spacial score (nSPS) is 18.6. The average molecular weight is 302 g/mol. The van der Waals surface area contributed by atoms with Crippen molar-refractivity contribution in [2.24, 2.45) is 0 Å². The molecule has 0 radical (unpaired) electrons. The van der Waals surface area contributed by atoms with Crippen LogP contribution in [0, 0.1) is 0 Å². The molecule has 2 aromatic carbocycles. The van der Waals surface area contributed by atoms with Gasteiger partial charge in [0.15, 0.2) is 23.0 Å². The van der Waals surface area contributed by atoms with Crippen LogP contribution >= 0.6 is 0 Å². The van der Waals surface area contributed by atoms with Crippen LogP contribution in [0.1, 0.15) is 17.0 Å². The molecule has 0 aliphatic carbocycles.